The highest BCUT2D eigenvalue weighted by Gasteiger charge is 2.32. The van der Waals surface area contributed by atoms with Gasteiger partial charge in [0.05, 0.1) is 41.0 Å². The number of nitrogens with zero attached hydrogens (tertiary/aromatic N) is 3. The molecule has 0 spiro atoms. The van der Waals surface area contributed by atoms with Crippen molar-refractivity contribution in [1.82, 2.24) is 4.57 Å². The summed E-state index contributed by atoms with van der Waals surface area (Å²) in [6.45, 7) is 0. The summed E-state index contributed by atoms with van der Waals surface area (Å²) in [5.74, 6) is 2.01. The van der Waals surface area contributed by atoms with Crippen molar-refractivity contribution in [2.24, 2.45) is 4.99 Å². The number of fused-ring (bicyclic) bond motifs is 3. The minimum atomic E-state index is -0.467. The fraction of sp³-hybridized carbons (Fsp3) is 0.152. The van der Waals surface area contributed by atoms with Crippen LogP contribution in [0.25, 0.3) is 23.1 Å². The first kappa shape index (κ1) is 26.7. The topological polar surface area (TPSA) is 109 Å². The highest BCUT2D eigenvalue weighted by Crippen LogP contribution is 2.41. The van der Waals surface area contributed by atoms with Crippen LogP contribution < -0.4 is 24.4 Å². The zero-order valence-corrected chi connectivity index (χ0v) is 24.1. The lowest BCUT2D eigenvalue weighted by Gasteiger charge is -2.30. The van der Waals surface area contributed by atoms with Crippen LogP contribution in [0.5, 0.6) is 11.5 Å². The molecule has 3 aromatic carbocycles. The molecule has 5 aromatic rings. The van der Waals surface area contributed by atoms with Crippen molar-refractivity contribution in [1.29, 1.82) is 0 Å². The Bertz CT molecular complexity index is 2120. The number of rotatable bonds is 6. The average Bonchev–Trinajstić information content (AvgIpc) is 3.63. The highest BCUT2D eigenvalue weighted by molar-refractivity contribution is 7.07. The summed E-state index contributed by atoms with van der Waals surface area (Å²) in [6, 6.07) is 23.6. The molecule has 9 nitrogen and oxygen atoms in total. The van der Waals surface area contributed by atoms with E-state index in [9.17, 15) is 14.9 Å². The predicted octanol–water partition coefficient (Wildman–Crippen LogP) is 5.50. The zero-order valence-electron chi connectivity index (χ0n) is 23.3. The summed E-state index contributed by atoms with van der Waals surface area (Å²) < 4.78 is 19.1. The highest BCUT2D eigenvalue weighted by atomic mass is 32.1. The van der Waals surface area contributed by atoms with Crippen LogP contribution in [-0.4, -0.2) is 23.7 Å². The SMILES string of the molecule is COc1ccc([C@@H]2C3=C(N=c4s/c(=C/c5ccc(-c6cc([N+](=O)[O-])ccc6OC)o5)c(=O)n42)c2ccccc2CC3)cc1. The predicted molar refractivity (Wildman–Crippen MR) is 163 cm³/mol. The lowest BCUT2D eigenvalue weighted by molar-refractivity contribution is -0.384. The van der Waals surface area contributed by atoms with Gasteiger partial charge in [0.15, 0.2) is 4.80 Å². The minimum Gasteiger partial charge on any atom is -0.497 e. The number of aryl methyl sites for hydroxylation is 1. The van der Waals surface area contributed by atoms with Crippen LogP contribution in [0, 0.1) is 10.1 Å². The monoisotopic (exact) mass is 591 g/mol. The molecule has 43 heavy (non-hydrogen) atoms. The van der Waals surface area contributed by atoms with Gasteiger partial charge in [-0.1, -0.05) is 47.7 Å². The Hall–Kier alpha value is -5.22. The van der Waals surface area contributed by atoms with Crippen LogP contribution in [0.2, 0.25) is 0 Å². The lowest BCUT2D eigenvalue weighted by Crippen LogP contribution is -2.38. The molecule has 0 fully saturated rings. The van der Waals surface area contributed by atoms with E-state index < -0.39 is 4.92 Å². The second-order valence-corrected chi connectivity index (χ2v) is 11.2. The van der Waals surface area contributed by atoms with Gasteiger partial charge in [-0.15, -0.1) is 0 Å². The Labute approximate surface area is 249 Å². The van der Waals surface area contributed by atoms with Gasteiger partial charge in [0, 0.05) is 23.8 Å². The molecule has 0 saturated heterocycles. The standard InChI is InChI=1S/C33H25N3O6S/c1-40-22-11-7-20(8-12-22)31-25-14-9-19-5-3-4-6-24(19)30(25)34-33-35(31)32(37)29(43-33)18-23-13-16-28(42-23)26-17-21(36(38)39)10-15-27(26)41-2/h3-8,10-13,15-18,31H,9,14H2,1-2H3/b29-18+/t31-/m1/s1. The van der Waals surface area contributed by atoms with Crippen LogP contribution in [0.1, 0.15) is 34.9 Å². The van der Waals surface area contributed by atoms with E-state index in [2.05, 4.69) is 12.1 Å². The van der Waals surface area contributed by atoms with Crippen molar-refractivity contribution in [3.63, 3.8) is 0 Å². The summed E-state index contributed by atoms with van der Waals surface area (Å²) in [4.78, 5) is 30.6. The number of nitro groups is 1. The molecule has 0 unspecified atom stereocenters. The van der Waals surface area contributed by atoms with Gasteiger partial charge >= 0.3 is 0 Å². The number of benzene rings is 3. The number of thiazole rings is 1. The molecule has 0 N–H and O–H groups in total. The molecule has 3 heterocycles. The molecule has 0 bridgehead atoms. The molecule has 1 aliphatic carbocycles. The number of aromatic nitrogens is 1. The van der Waals surface area contributed by atoms with Gasteiger partial charge < -0.3 is 13.9 Å². The smallest absolute Gasteiger partial charge is 0.271 e. The molecule has 0 saturated carbocycles. The fourth-order valence-electron chi connectivity index (χ4n) is 5.82. The van der Waals surface area contributed by atoms with Crippen molar-refractivity contribution >= 4 is 28.8 Å². The van der Waals surface area contributed by atoms with Gasteiger partial charge in [0.2, 0.25) is 0 Å². The molecule has 0 radical (unpaired) electrons. The lowest BCUT2D eigenvalue weighted by atomic mass is 9.83. The first-order chi connectivity index (χ1) is 20.9. The molecule has 214 valence electrons. The van der Waals surface area contributed by atoms with Crippen LogP contribution in [0.4, 0.5) is 5.69 Å². The number of methoxy groups -OCH3 is 2. The Kier molecular flexibility index (Phi) is 6.55. The first-order valence-corrected chi connectivity index (χ1v) is 14.5. The quantitative estimate of drug-likeness (QED) is 0.191. The van der Waals surface area contributed by atoms with E-state index in [1.165, 1.54) is 42.2 Å². The summed E-state index contributed by atoms with van der Waals surface area (Å²) in [5.41, 5.74) is 5.57. The largest absolute Gasteiger partial charge is 0.497 e. The number of hydrogen-bond acceptors (Lipinski definition) is 8. The van der Waals surface area contributed by atoms with Crippen molar-refractivity contribution in [3.8, 4) is 22.8 Å². The molecule has 1 aliphatic heterocycles. The Morgan fingerprint density at radius 1 is 1.00 bits per heavy atom. The molecule has 7 rings (SSSR count). The molecule has 10 heteroatoms. The van der Waals surface area contributed by atoms with Gasteiger partial charge in [-0.25, -0.2) is 4.99 Å². The Balaban J connectivity index is 1.37. The number of hydrogen-bond donors (Lipinski definition) is 0. The Morgan fingerprint density at radius 2 is 1.81 bits per heavy atom. The van der Waals surface area contributed by atoms with Crippen LogP contribution in [0.15, 0.2) is 98.6 Å². The molecule has 1 atom stereocenters. The third-order valence-corrected chi connectivity index (χ3v) is 8.85. The van der Waals surface area contributed by atoms with Crippen LogP contribution >= 0.6 is 11.3 Å². The van der Waals surface area contributed by atoms with Gasteiger partial charge in [0.1, 0.15) is 23.0 Å². The molecule has 2 aliphatic rings. The van der Waals surface area contributed by atoms with Crippen molar-refractivity contribution in [2.45, 2.75) is 18.9 Å². The third kappa shape index (κ3) is 4.56. The number of nitro benzene ring substituents is 1. The van der Waals surface area contributed by atoms with E-state index in [4.69, 9.17) is 18.9 Å². The molecular formula is C33H25N3O6S. The van der Waals surface area contributed by atoms with E-state index in [1.54, 1.807) is 29.9 Å². The third-order valence-electron chi connectivity index (χ3n) is 7.86. The molecular weight excluding hydrogens is 566 g/mol. The second kappa shape index (κ2) is 10.6. The van der Waals surface area contributed by atoms with E-state index in [0.717, 1.165) is 41.0 Å². The summed E-state index contributed by atoms with van der Waals surface area (Å²) >= 11 is 1.31. The number of ether oxygens (including phenoxy) is 2. The van der Waals surface area contributed by atoms with Crippen molar-refractivity contribution in [2.75, 3.05) is 14.2 Å². The number of non-ortho nitro benzene ring substituents is 1. The van der Waals surface area contributed by atoms with E-state index in [0.29, 0.717) is 32.2 Å². The summed E-state index contributed by atoms with van der Waals surface area (Å²) in [6.07, 6.45) is 3.36. The average molecular weight is 592 g/mol. The number of furan rings is 1. The van der Waals surface area contributed by atoms with Crippen molar-refractivity contribution in [3.05, 3.63) is 137 Å². The summed E-state index contributed by atoms with van der Waals surface area (Å²) in [5, 5.41) is 11.4. The number of allylic oxidation sites excluding steroid dienone is 1. The minimum absolute atomic E-state index is 0.0777. The normalized spacial score (nSPS) is 15.8. The van der Waals surface area contributed by atoms with Crippen LogP contribution in [0.3, 0.4) is 0 Å². The maximum Gasteiger partial charge on any atom is 0.271 e. The molecule has 2 aromatic heterocycles. The van der Waals surface area contributed by atoms with Gasteiger partial charge in [-0.05, 0) is 59.9 Å². The van der Waals surface area contributed by atoms with Gasteiger partial charge in [0.25, 0.3) is 11.2 Å². The van der Waals surface area contributed by atoms with Crippen LogP contribution in [-0.2, 0) is 6.42 Å². The van der Waals surface area contributed by atoms with E-state index >= 15 is 0 Å². The second-order valence-electron chi connectivity index (χ2n) is 10.2. The zero-order chi connectivity index (χ0) is 29.7. The Morgan fingerprint density at radius 3 is 2.58 bits per heavy atom. The maximum absolute atomic E-state index is 14.0. The summed E-state index contributed by atoms with van der Waals surface area (Å²) in [7, 11) is 3.12. The first-order valence-electron chi connectivity index (χ1n) is 13.6. The maximum atomic E-state index is 14.0. The molecule has 0 amide bonds. The van der Waals surface area contributed by atoms with E-state index in [1.807, 2.05) is 36.4 Å². The van der Waals surface area contributed by atoms with Crippen molar-refractivity contribution < 1.29 is 18.8 Å². The van der Waals surface area contributed by atoms with Gasteiger partial charge in [-0.2, -0.15) is 0 Å². The van der Waals surface area contributed by atoms with Gasteiger partial charge in [-0.3, -0.25) is 19.5 Å². The van der Waals surface area contributed by atoms with E-state index in [-0.39, 0.29) is 17.3 Å². The fourth-order valence-corrected chi connectivity index (χ4v) is 6.80.